The van der Waals surface area contributed by atoms with Gasteiger partial charge < -0.3 is 20.6 Å². The number of hydrogen-bond acceptors (Lipinski definition) is 7. The molecule has 0 radical (unpaired) electrons. The maximum Gasteiger partial charge on any atom is 0.277 e. The Bertz CT molecular complexity index is 1090. The molecular weight excluding hydrogens is 348 g/mol. The summed E-state index contributed by atoms with van der Waals surface area (Å²) in [5.74, 6) is -0.509. The first-order chi connectivity index (χ1) is 13.0. The highest BCUT2D eigenvalue weighted by Crippen LogP contribution is 2.28. The number of aromatic nitrogens is 1. The molecule has 0 atom stereocenters. The minimum Gasteiger partial charge on any atom is -0.436 e. The Morgan fingerprint density at radius 1 is 1.19 bits per heavy atom. The van der Waals surface area contributed by atoms with Gasteiger partial charge in [0.15, 0.2) is 5.58 Å². The molecule has 8 nitrogen and oxygen atoms in total. The summed E-state index contributed by atoms with van der Waals surface area (Å²) < 4.78 is 5.76. The van der Waals surface area contributed by atoms with Crippen molar-refractivity contribution in [3.8, 4) is 11.5 Å². The quantitative estimate of drug-likeness (QED) is 0.465. The van der Waals surface area contributed by atoms with Gasteiger partial charge in [0, 0.05) is 23.0 Å². The summed E-state index contributed by atoms with van der Waals surface area (Å²) in [6.45, 7) is -0.318. The molecule has 27 heavy (non-hydrogen) atoms. The van der Waals surface area contributed by atoms with Crippen LogP contribution in [0.15, 0.2) is 58.7 Å². The summed E-state index contributed by atoms with van der Waals surface area (Å²) in [6.07, 6.45) is 1.22. The Morgan fingerprint density at radius 2 is 2.04 bits per heavy atom. The van der Waals surface area contributed by atoms with Gasteiger partial charge >= 0.3 is 0 Å². The maximum absolute atomic E-state index is 12.2. The zero-order chi connectivity index (χ0) is 19.0. The number of nitrogens with two attached hydrogens (primary N) is 1. The topological polar surface area (TPSA) is 122 Å². The molecule has 1 aromatic heterocycles. The third kappa shape index (κ3) is 3.13. The SMILES string of the molecule is Nc1ccc2oc(-c3cccc(NC4=CC(=O)N(CCO)C4=O)c3)nc2c1. The fourth-order valence-electron chi connectivity index (χ4n) is 2.86. The molecule has 8 heteroatoms. The predicted molar refractivity (Wildman–Crippen MR) is 99.4 cm³/mol. The van der Waals surface area contributed by atoms with Crippen LogP contribution in [0.4, 0.5) is 11.4 Å². The number of rotatable bonds is 5. The van der Waals surface area contributed by atoms with E-state index in [-0.39, 0.29) is 18.8 Å². The van der Waals surface area contributed by atoms with E-state index in [2.05, 4.69) is 10.3 Å². The summed E-state index contributed by atoms with van der Waals surface area (Å²) in [5, 5.41) is 11.9. The number of benzene rings is 2. The van der Waals surface area contributed by atoms with Gasteiger partial charge in [-0.2, -0.15) is 0 Å². The van der Waals surface area contributed by atoms with Crippen LogP contribution in [0.5, 0.6) is 0 Å². The summed E-state index contributed by atoms with van der Waals surface area (Å²) in [5.41, 5.74) is 9.10. The number of fused-ring (bicyclic) bond motifs is 1. The Balaban J connectivity index is 1.60. The second-order valence-electron chi connectivity index (χ2n) is 6.03. The molecule has 0 spiro atoms. The van der Waals surface area contributed by atoms with Gasteiger partial charge in [0.25, 0.3) is 11.8 Å². The first-order valence-electron chi connectivity index (χ1n) is 8.27. The predicted octanol–water partition coefficient (Wildman–Crippen LogP) is 1.73. The highest BCUT2D eigenvalue weighted by molar-refractivity contribution is 6.17. The van der Waals surface area contributed by atoms with Gasteiger partial charge in [-0.05, 0) is 36.4 Å². The Hall–Kier alpha value is -3.65. The summed E-state index contributed by atoms with van der Waals surface area (Å²) in [7, 11) is 0. The van der Waals surface area contributed by atoms with Crippen LogP contribution in [0, 0.1) is 0 Å². The number of anilines is 2. The third-order valence-electron chi connectivity index (χ3n) is 4.13. The molecule has 0 bridgehead atoms. The lowest BCUT2D eigenvalue weighted by Gasteiger charge is -2.13. The zero-order valence-electron chi connectivity index (χ0n) is 14.2. The third-order valence-corrected chi connectivity index (χ3v) is 4.13. The van der Waals surface area contributed by atoms with Crippen molar-refractivity contribution >= 4 is 34.3 Å². The Morgan fingerprint density at radius 3 is 2.85 bits per heavy atom. The number of oxazole rings is 1. The van der Waals surface area contributed by atoms with E-state index in [0.717, 1.165) is 4.90 Å². The average Bonchev–Trinajstić information content (AvgIpc) is 3.18. The molecule has 1 aliphatic heterocycles. The molecule has 0 saturated carbocycles. The molecule has 0 unspecified atom stereocenters. The highest BCUT2D eigenvalue weighted by atomic mass is 16.3. The van der Waals surface area contributed by atoms with Gasteiger partial charge in [0.1, 0.15) is 11.2 Å². The van der Waals surface area contributed by atoms with Crippen LogP contribution in [-0.2, 0) is 9.59 Å². The lowest BCUT2D eigenvalue weighted by Crippen LogP contribution is -2.34. The second-order valence-corrected chi connectivity index (χ2v) is 6.03. The standard InChI is InChI=1S/C19H16N4O4/c20-12-4-5-16-14(9-12)22-18(27-16)11-2-1-3-13(8-11)21-15-10-17(25)23(6-7-24)19(15)26/h1-5,8-10,21,24H,6-7,20H2. The number of β-amino-alcohol motifs (C(OH)–C–C–N with tert-alkyl or cyclic N) is 1. The maximum atomic E-state index is 12.2. The largest absolute Gasteiger partial charge is 0.436 e. The first-order valence-corrected chi connectivity index (χ1v) is 8.27. The van der Waals surface area contributed by atoms with E-state index >= 15 is 0 Å². The van der Waals surface area contributed by atoms with Crippen molar-refractivity contribution in [2.45, 2.75) is 0 Å². The molecule has 4 N–H and O–H groups in total. The van der Waals surface area contributed by atoms with Crippen molar-refractivity contribution in [1.29, 1.82) is 0 Å². The smallest absolute Gasteiger partial charge is 0.277 e. The van der Waals surface area contributed by atoms with E-state index in [0.29, 0.717) is 33.9 Å². The van der Waals surface area contributed by atoms with E-state index < -0.39 is 11.8 Å². The normalized spacial score (nSPS) is 14.1. The number of nitrogen functional groups attached to an aromatic ring is 1. The van der Waals surface area contributed by atoms with Gasteiger partial charge in [0.05, 0.1) is 13.2 Å². The lowest BCUT2D eigenvalue weighted by molar-refractivity contribution is -0.137. The molecule has 2 amide bonds. The summed E-state index contributed by atoms with van der Waals surface area (Å²) >= 11 is 0. The van der Waals surface area contributed by atoms with Crippen molar-refractivity contribution in [3.63, 3.8) is 0 Å². The molecule has 0 saturated heterocycles. The number of amides is 2. The molecule has 2 aromatic carbocycles. The van der Waals surface area contributed by atoms with Gasteiger partial charge in [-0.25, -0.2) is 4.98 Å². The van der Waals surface area contributed by atoms with Crippen LogP contribution in [0.25, 0.3) is 22.6 Å². The fraction of sp³-hybridized carbons (Fsp3) is 0.105. The van der Waals surface area contributed by atoms with E-state index in [1.54, 1.807) is 36.4 Å². The van der Waals surface area contributed by atoms with Crippen molar-refractivity contribution in [2.75, 3.05) is 24.2 Å². The molecule has 1 aliphatic rings. The molecule has 3 aromatic rings. The molecule has 136 valence electrons. The number of aliphatic hydroxyl groups is 1. The van der Waals surface area contributed by atoms with Crippen LogP contribution < -0.4 is 11.1 Å². The van der Waals surface area contributed by atoms with Gasteiger partial charge in [-0.15, -0.1) is 0 Å². The zero-order valence-corrected chi connectivity index (χ0v) is 14.2. The van der Waals surface area contributed by atoms with Crippen LogP contribution in [0.1, 0.15) is 0 Å². The average molecular weight is 364 g/mol. The molecule has 4 rings (SSSR count). The van der Waals surface area contributed by atoms with Crippen molar-refractivity contribution in [3.05, 3.63) is 54.2 Å². The number of hydrogen-bond donors (Lipinski definition) is 3. The summed E-state index contributed by atoms with van der Waals surface area (Å²) in [4.78, 5) is 29.5. The van der Waals surface area contributed by atoms with Crippen LogP contribution in [-0.4, -0.2) is 40.0 Å². The lowest BCUT2D eigenvalue weighted by atomic mass is 10.2. The van der Waals surface area contributed by atoms with E-state index in [9.17, 15) is 9.59 Å². The highest BCUT2D eigenvalue weighted by Gasteiger charge is 2.30. The fourth-order valence-corrected chi connectivity index (χ4v) is 2.86. The monoisotopic (exact) mass is 364 g/mol. The molecule has 2 heterocycles. The van der Waals surface area contributed by atoms with Gasteiger partial charge in [-0.3, -0.25) is 14.5 Å². The number of nitrogens with zero attached hydrogens (tertiary/aromatic N) is 2. The number of aliphatic hydroxyl groups excluding tert-OH is 1. The van der Waals surface area contributed by atoms with Crippen LogP contribution in [0.2, 0.25) is 0 Å². The van der Waals surface area contributed by atoms with Crippen molar-refractivity contribution in [2.24, 2.45) is 0 Å². The van der Waals surface area contributed by atoms with E-state index in [1.807, 2.05) is 6.07 Å². The van der Waals surface area contributed by atoms with Gasteiger partial charge in [-0.1, -0.05) is 6.07 Å². The summed E-state index contributed by atoms with van der Waals surface area (Å²) in [6, 6.07) is 12.4. The molecular formula is C19H16N4O4. The van der Waals surface area contributed by atoms with Gasteiger partial charge in [0.2, 0.25) is 5.89 Å². The Labute approximate surface area is 153 Å². The first kappa shape index (κ1) is 16.8. The van der Waals surface area contributed by atoms with E-state index in [1.165, 1.54) is 6.08 Å². The number of carbonyl (C=O) groups excluding carboxylic acids is 2. The van der Waals surface area contributed by atoms with Crippen LogP contribution >= 0.6 is 0 Å². The van der Waals surface area contributed by atoms with Crippen LogP contribution in [0.3, 0.4) is 0 Å². The molecule has 0 aliphatic carbocycles. The minimum atomic E-state index is -0.475. The minimum absolute atomic E-state index is 0.0363. The molecule has 0 fully saturated rings. The number of imide groups is 1. The van der Waals surface area contributed by atoms with E-state index in [4.69, 9.17) is 15.3 Å². The van der Waals surface area contributed by atoms with Crippen molar-refractivity contribution < 1.29 is 19.1 Å². The number of nitrogens with one attached hydrogen (secondary N) is 1. The second kappa shape index (κ2) is 6.58. The van der Waals surface area contributed by atoms with Crippen molar-refractivity contribution in [1.82, 2.24) is 9.88 Å². The Kier molecular flexibility index (Phi) is 4.09. The number of carbonyl (C=O) groups is 2.